The van der Waals surface area contributed by atoms with E-state index in [4.69, 9.17) is 9.47 Å². The number of rotatable bonds is 7. The Kier molecular flexibility index (Phi) is 6.65. The molecule has 116 valence electrons. The Morgan fingerprint density at radius 3 is 2.14 bits per heavy atom. The van der Waals surface area contributed by atoms with Crippen LogP contribution in [0.15, 0.2) is 17.1 Å². The Balaban J connectivity index is 3.21. The summed E-state index contributed by atoms with van der Waals surface area (Å²) in [7, 11) is 0. The van der Waals surface area contributed by atoms with Crippen molar-refractivity contribution in [3.05, 3.63) is 21.5 Å². The minimum absolute atomic E-state index is 0.0582. The van der Waals surface area contributed by atoms with Crippen molar-refractivity contribution in [2.75, 3.05) is 13.2 Å². The van der Waals surface area contributed by atoms with Gasteiger partial charge in [-0.05, 0) is 0 Å². The summed E-state index contributed by atoms with van der Waals surface area (Å²) in [4.78, 5) is 38.1. The first-order valence-corrected chi connectivity index (χ1v) is 8.46. The van der Waals surface area contributed by atoms with Crippen LogP contribution in [0.25, 0.3) is 0 Å². The molecule has 1 heterocycles. The van der Waals surface area contributed by atoms with Crippen molar-refractivity contribution in [3.63, 3.8) is 0 Å². The van der Waals surface area contributed by atoms with Gasteiger partial charge in [0.15, 0.2) is 0 Å². The van der Waals surface area contributed by atoms with Crippen molar-refractivity contribution >= 4 is 32.3 Å². The van der Waals surface area contributed by atoms with Gasteiger partial charge in [-0.15, -0.1) is 0 Å². The molecule has 0 aromatic carbocycles. The molecule has 1 aromatic rings. The van der Waals surface area contributed by atoms with Crippen LogP contribution in [0.1, 0.15) is 25.2 Å². The molecule has 0 radical (unpaired) electrons. The zero-order chi connectivity index (χ0) is 15.9. The average molecular weight is 360 g/mol. The molecule has 7 heteroatoms. The van der Waals surface area contributed by atoms with Crippen LogP contribution < -0.4 is 5.32 Å². The molecule has 0 fully saturated rings. The van der Waals surface area contributed by atoms with E-state index >= 15 is 0 Å². The molecule has 0 saturated heterocycles. The standard InChI is InChI=1S/C14H19NO5Se/c1-4-19-12(17)14(15-10(3)16,13(18)20-5-2)9-11-7-6-8-21-11/h6-8H,4-5,9H2,1-3H3,(H,15,16). The molecule has 1 amide bonds. The van der Waals surface area contributed by atoms with Crippen molar-refractivity contribution in [2.45, 2.75) is 32.7 Å². The monoisotopic (exact) mass is 361 g/mol. The van der Waals surface area contributed by atoms with Gasteiger partial charge >= 0.3 is 129 Å². The van der Waals surface area contributed by atoms with Crippen molar-refractivity contribution < 1.29 is 23.9 Å². The molecule has 1 N–H and O–H groups in total. The molecule has 1 rings (SSSR count). The summed E-state index contributed by atoms with van der Waals surface area (Å²) in [6, 6.07) is 3.71. The van der Waals surface area contributed by atoms with Gasteiger partial charge in [-0.1, -0.05) is 0 Å². The predicted molar refractivity (Wildman–Crippen MR) is 76.9 cm³/mol. The van der Waals surface area contributed by atoms with Gasteiger partial charge in [-0.3, -0.25) is 0 Å². The second kappa shape index (κ2) is 8.00. The molecule has 0 spiro atoms. The summed E-state index contributed by atoms with van der Waals surface area (Å²) in [5.41, 5.74) is -1.81. The Morgan fingerprint density at radius 2 is 1.76 bits per heavy atom. The van der Waals surface area contributed by atoms with Gasteiger partial charge in [-0.2, -0.15) is 0 Å². The van der Waals surface area contributed by atoms with E-state index in [1.54, 1.807) is 13.8 Å². The minimum atomic E-state index is -1.81. The van der Waals surface area contributed by atoms with Crippen molar-refractivity contribution in [3.8, 4) is 0 Å². The summed E-state index contributed by atoms with van der Waals surface area (Å²) in [5, 5.41) is 2.44. The van der Waals surface area contributed by atoms with Crippen LogP contribution in [0.3, 0.4) is 0 Å². The third kappa shape index (κ3) is 4.44. The van der Waals surface area contributed by atoms with Crippen LogP contribution >= 0.6 is 0 Å². The number of nitrogens with one attached hydrogen (secondary N) is 1. The molecule has 0 aliphatic heterocycles. The van der Waals surface area contributed by atoms with Gasteiger partial charge in [0, 0.05) is 0 Å². The molecule has 0 saturated carbocycles. The molecule has 6 nitrogen and oxygen atoms in total. The topological polar surface area (TPSA) is 81.7 Å². The molecule has 0 unspecified atom stereocenters. The molecule has 0 bridgehead atoms. The van der Waals surface area contributed by atoms with Gasteiger partial charge in [0.1, 0.15) is 0 Å². The zero-order valence-electron chi connectivity index (χ0n) is 12.3. The van der Waals surface area contributed by atoms with Gasteiger partial charge in [0.2, 0.25) is 0 Å². The summed E-state index contributed by atoms with van der Waals surface area (Å²) in [6.07, 6.45) is 0.0667. The fourth-order valence-electron chi connectivity index (χ4n) is 1.86. The number of ether oxygens (including phenoxy) is 2. The maximum absolute atomic E-state index is 12.3. The van der Waals surface area contributed by atoms with Gasteiger partial charge in [-0.25, -0.2) is 0 Å². The first-order valence-electron chi connectivity index (χ1n) is 6.61. The van der Waals surface area contributed by atoms with Crippen molar-refractivity contribution in [1.29, 1.82) is 0 Å². The number of carbonyl (C=O) groups excluding carboxylic acids is 3. The van der Waals surface area contributed by atoms with Crippen molar-refractivity contribution in [2.24, 2.45) is 0 Å². The van der Waals surface area contributed by atoms with Crippen molar-refractivity contribution in [1.82, 2.24) is 5.32 Å². The van der Waals surface area contributed by atoms with Crippen LogP contribution in [-0.4, -0.2) is 51.1 Å². The Hall–Kier alpha value is -1.59. The van der Waals surface area contributed by atoms with Crippen LogP contribution in [0.5, 0.6) is 0 Å². The third-order valence-electron chi connectivity index (χ3n) is 2.66. The predicted octanol–water partition coefficient (Wildman–Crippen LogP) is 0.287. The number of hydrogen-bond acceptors (Lipinski definition) is 5. The molecular weight excluding hydrogens is 341 g/mol. The maximum atomic E-state index is 12.3. The molecule has 0 aliphatic rings. The molecule has 0 atom stereocenters. The van der Waals surface area contributed by atoms with E-state index in [1.165, 1.54) is 6.92 Å². The van der Waals surface area contributed by atoms with E-state index in [0.29, 0.717) is 0 Å². The summed E-state index contributed by atoms with van der Waals surface area (Å²) >= 11 is 0.0582. The van der Waals surface area contributed by atoms with Gasteiger partial charge in [0.05, 0.1) is 0 Å². The number of carbonyl (C=O) groups is 3. The number of esters is 2. The molecular formula is C14H19NO5Se. The molecule has 1 aromatic heterocycles. The molecule has 21 heavy (non-hydrogen) atoms. The van der Waals surface area contributed by atoms with E-state index in [-0.39, 0.29) is 34.1 Å². The van der Waals surface area contributed by atoms with Gasteiger partial charge < -0.3 is 0 Å². The summed E-state index contributed by atoms with van der Waals surface area (Å²) in [5.74, 6) is -2.07. The molecule has 0 aliphatic carbocycles. The van der Waals surface area contributed by atoms with Crippen LogP contribution in [0.2, 0.25) is 0 Å². The SMILES string of the molecule is CCOC(=O)C(Cc1ccc[se]1)(NC(C)=O)C(=O)OCC. The summed E-state index contributed by atoms with van der Waals surface area (Å²) < 4.78 is 10.9. The number of hydrogen-bond donors (Lipinski definition) is 1. The fourth-order valence-corrected chi connectivity index (χ4v) is 3.51. The second-order valence-electron chi connectivity index (χ2n) is 4.28. The van der Waals surface area contributed by atoms with E-state index in [1.807, 2.05) is 17.1 Å². The van der Waals surface area contributed by atoms with Gasteiger partial charge in [0.25, 0.3) is 0 Å². The Bertz CT molecular complexity index is 479. The van der Waals surface area contributed by atoms with E-state index in [2.05, 4.69) is 5.32 Å². The second-order valence-corrected chi connectivity index (χ2v) is 6.45. The first-order chi connectivity index (χ1) is 9.96. The Labute approximate surface area is 129 Å². The van der Waals surface area contributed by atoms with Crippen LogP contribution in [0.4, 0.5) is 0 Å². The first kappa shape index (κ1) is 17.5. The third-order valence-corrected chi connectivity index (χ3v) is 4.50. The quantitative estimate of drug-likeness (QED) is 0.429. The average Bonchev–Trinajstić information content (AvgIpc) is 2.90. The summed E-state index contributed by atoms with van der Waals surface area (Å²) in [6.45, 7) is 4.76. The van der Waals surface area contributed by atoms with Crippen LogP contribution in [-0.2, 0) is 30.3 Å². The fraction of sp³-hybridized carbons (Fsp3) is 0.500. The zero-order valence-corrected chi connectivity index (χ0v) is 14.0. The van der Waals surface area contributed by atoms with E-state index in [0.717, 1.165) is 4.44 Å². The normalized spacial score (nSPS) is 10.8. The number of amides is 1. The Morgan fingerprint density at radius 1 is 1.19 bits per heavy atom. The van der Waals surface area contributed by atoms with E-state index < -0.39 is 23.4 Å². The van der Waals surface area contributed by atoms with E-state index in [9.17, 15) is 14.4 Å². The van der Waals surface area contributed by atoms with Crippen LogP contribution in [0, 0.1) is 0 Å².